The van der Waals surface area contributed by atoms with Gasteiger partial charge in [0, 0.05) is 69.4 Å². The number of hydrogen-bond acceptors (Lipinski definition) is 4. The summed E-state index contributed by atoms with van der Waals surface area (Å²) < 4.78 is 0. The van der Waals surface area contributed by atoms with Crippen LogP contribution in [0.3, 0.4) is 0 Å². The van der Waals surface area contributed by atoms with Crippen LogP contribution in [0.1, 0.15) is 0 Å². The minimum absolute atomic E-state index is 0. The summed E-state index contributed by atoms with van der Waals surface area (Å²) >= 11 is 13.1. The van der Waals surface area contributed by atoms with Crippen LogP contribution >= 0.6 is 23.2 Å². The number of likely N-dealkylation sites (N-methyl/N-ethyl adjacent to an activating group) is 2. The van der Waals surface area contributed by atoms with E-state index in [1.165, 1.54) is 0 Å². The maximum Gasteiger partial charge on any atom is 0.115 e. The van der Waals surface area contributed by atoms with Crippen LogP contribution in [0, 0.1) is 0 Å². The Morgan fingerprint density at radius 1 is 0.632 bits per heavy atom. The number of alkyl halides is 2. The molecule has 2 heterocycles. The molecule has 2 aliphatic rings. The zero-order valence-electron chi connectivity index (χ0n) is 11.7. The fourth-order valence-corrected chi connectivity index (χ4v) is 3.19. The Balaban J connectivity index is 0.00000180. The van der Waals surface area contributed by atoms with Gasteiger partial charge < -0.3 is 9.80 Å². The summed E-state index contributed by atoms with van der Waals surface area (Å²) in [5.74, 6) is 0. The molecule has 0 aliphatic carbocycles. The van der Waals surface area contributed by atoms with Crippen molar-refractivity contribution in [1.29, 1.82) is 0 Å². The summed E-state index contributed by atoms with van der Waals surface area (Å²) in [6.07, 6.45) is 0. The molecule has 2 unspecified atom stereocenters. The quantitative estimate of drug-likeness (QED) is 0.357. The second-order valence-electron chi connectivity index (χ2n) is 5.42. The summed E-state index contributed by atoms with van der Waals surface area (Å²) in [4.78, 5) is 9.36. The monoisotopic (exact) mass is 357 g/mol. The van der Waals surface area contributed by atoms with E-state index >= 15 is 0 Å². The molecular weight excluding hydrogens is 335 g/mol. The van der Waals surface area contributed by atoms with Gasteiger partial charge in [0.25, 0.3) is 0 Å². The molecule has 2 bridgehead atoms. The molecule has 0 aromatic rings. The van der Waals surface area contributed by atoms with Crippen LogP contribution in [-0.2, 0) is 17.1 Å². The van der Waals surface area contributed by atoms with Crippen LogP contribution in [0.15, 0.2) is 0 Å². The molecule has 2 aliphatic heterocycles. The summed E-state index contributed by atoms with van der Waals surface area (Å²) in [6, 6.07) is 0. The van der Waals surface area contributed by atoms with Crippen LogP contribution in [0.5, 0.6) is 0 Å². The fraction of sp³-hybridized carbons (Fsp3) is 1.00. The maximum atomic E-state index is 6.57. The largest absolute Gasteiger partial charge is 0.304 e. The van der Waals surface area contributed by atoms with Crippen molar-refractivity contribution in [2.24, 2.45) is 0 Å². The SMILES string of the molecule is CN1CCN2CCN(C)CCN(CC1)C(Cl)C2Cl.[Cu]. The van der Waals surface area contributed by atoms with Crippen molar-refractivity contribution in [2.75, 3.05) is 66.5 Å². The molecule has 0 spiro atoms. The van der Waals surface area contributed by atoms with Crippen molar-refractivity contribution in [3.63, 3.8) is 0 Å². The first kappa shape index (κ1) is 18.0. The predicted molar refractivity (Wildman–Crippen MR) is 77.4 cm³/mol. The number of fused-ring (bicyclic) bond motifs is 3. The van der Waals surface area contributed by atoms with E-state index in [0.29, 0.717) is 0 Å². The molecule has 2 atom stereocenters. The first-order chi connectivity index (χ1) is 8.58. The predicted octanol–water partition coefficient (Wildman–Crippen LogP) is 0.608. The first-order valence-corrected chi connectivity index (χ1v) is 7.58. The van der Waals surface area contributed by atoms with Crippen molar-refractivity contribution in [3.05, 3.63) is 0 Å². The summed E-state index contributed by atoms with van der Waals surface area (Å²) in [6.45, 7) is 8.22. The third-order valence-corrected chi connectivity index (χ3v) is 5.16. The van der Waals surface area contributed by atoms with Crippen LogP contribution in [0.25, 0.3) is 0 Å². The molecule has 0 aromatic carbocycles. The van der Waals surface area contributed by atoms with Gasteiger partial charge in [-0.3, -0.25) is 9.80 Å². The van der Waals surface area contributed by atoms with Crippen molar-refractivity contribution in [1.82, 2.24) is 19.6 Å². The van der Waals surface area contributed by atoms with Gasteiger partial charge in [-0.2, -0.15) is 0 Å². The van der Waals surface area contributed by atoms with Gasteiger partial charge in [0.05, 0.1) is 0 Å². The molecular formula is C12H24Cl2CuN4. The van der Waals surface area contributed by atoms with Gasteiger partial charge in [0.1, 0.15) is 11.0 Å². The average Bonchev–Trinajstić information content (AvgIpc) is 2.42. The van der Waals surface area contributed by atoms with E-state index < -0.39 is 0 Å². The zero-order valence-corrected chi connectivity index (χ0v) is 14.1. The van der Waals surface area contributed by atoms with Gasteiger partial charge in [0.2, 0.25) is 0 Å². The minimum Gasteiger partial charge on any atom is -0.304 e. The number of nitrogens with zero attached hydrogens (tertiary/aromatic N) is 4. The molecule has 2 saturated heterocycles. The van der Waals surface area contributed by atoms with E-state index in [4.69, 9.17) is 23.2 Å². The molecule has 1 radical (unpaired) electrons. The van der Waals surface area contributed by atoms with Crippen LogP contribution < -0.4 is 0 Å². The van der Waals surface area contributed by atoms with E-state index in [9.17, 15) is 0 Å². The molecule has 2 rings (SSSR count). The van der Waals surface area contributed by atoms with Crippen LogP contribution in [-0.4, -0.2) is 97.1 Å². The van der Waals surface area contributed by atoms with Gasteiger partial charge in [-0.25, -0.2) is 0 Å². The summed E-state index contributed by atoms with van der Waals surface area (Å²) in [5, 5.41) is 0. The Morgan fingerprint density at radius 3 is 1.16 bits per heavy atom. The van der Waals surface area contributed by atoms with Crippen molar-refractivity contribution in [2.45, 2.75) is 11.0 Å². The van der Waals surface area contributed by atoms with Gasteiger partial charge in [0.15, 0.2) is 0 Å². The van der Waals surface area contributed by atoms with E-state index in [1.807, 2.05) is 0 Å². The molecule has 0 saturated carbocycles. The number of rotatable bonds is 0. The molecule has 19 heavy (non-hydrogen) atoms. The third kappa shape index (κ3) is 5.01. The summed E-state index contributed by atoms with van der Waals surface area (Å²) in [5.41, 5.74) is -0.186. The van der Waals surface area contributed by atoms with Crippen LogP contribution in [0.2, 0.25) is 0 Å². The molecule has 7 heteroatoms. The number of halogens is 2. The Morgan fingerprint density at radius 2 is 0.895 bits per heavy atom. The van der Waals surface area contributed by atoms with E-state index in [-0.39, 0.29) is 28.1 Å². The third-order valence-electron chi connectivity index (χ3n) is 4.00. The van der Waals surface area contributed by atoms with E-state index in [2.05, 4.69) is 33.7 Å². The van der Waals surface area contributed by atoms with Crippen LogP contribution in [0.4, 0.5) is 0 Å². The maximum absolute atomic E-state index is 6.57. The van der Waals surface area contributed by atoms with Crippen molar-refractivity contribution < 1.29 is 17.1 Å². The molecule has 4 nitrogen and oxygen atoms in total. The molecule has 2 fully saturated rings. The normalized spacial score (nSPS) is 39.2. The van der Waals surface area contributed by atoms with E-state index in [0.717, 1.165) is 52.4 Å². The zero-order chi connectivity index (χ0) is 13.1. The molecule has 0 amide bonds. The van der Waals surface area contributed by atoms with Gasteiger partial charge in [-0.15, -0.1) is 23.2 Å². The Hall–Kier alpha value is 0.939. The molecule has 117 valence electrons. The molecule has 0 N–H and O–H groups in total. The van der Waals surface area contributed by atoms with Gasteiger partial charge in [-0.05, 0) is 14.1 Å². The Bertz CT molecular complexity index is 230. The fourth-order valence-electron chi connectivity index (χ4n) is 2.49. The standard InChI is InChI=1S/C12H24Cl2N4.Cu/c1-15-3-7-17-9-5-16(2)6-10-18(8-4-15)12(14)11(17)13;/h11-12H,3-10H2,1-2H3;. The average molecular weight is 359 g/mol. The number of hydrogen-bond donors (Lipinski definition) is 0. The second-order valence-corrected chi connectivity index (χ2v) is 6.32. The van der Waals surface area contributed by atoms with Gasteiger partial charge in [-0.1, -0.05) is 0 Å². The smallest absolute Gasteiger partial charge is 0.115 e. The second kappa shape index (κ2) is 8.40. The van der Waals surface area contributed by atoms with Crippen molar-refractivity contribution in [3.8, 4) is 0 Å². The van der Waals surface area contributed by atoms with E-state index in [1.54, 1.807) is 0 Å². The Kier molecular flexibility index (Phi) is 7.95. The van der Waals surface area contributed by atoms with Crippen molar-refractivity contribution >= 4 is 23.2 Å². The van der Waals surface area contributed by atoms with Gasteiger partial charge >= 0.3 is 0 Å². The summed E-state index contributed by atoms with van der Waals surface area (Å²) in [7, 11) is 4.35. The minimum atomic E-state index is -0.0929. The first-order valence-electron chi connectivity index (χ1n) is 6.71. The topological polar surface area (TPSA) is 13.0 Å². The Labute approximate surface area is 137 Å². The molecule has 0 aromatic heterocycles.